The first-order valence-electron chi connectivity index (χ1n) is 8.08. The molecule has 2 atom stereocenters. The topological polar surface area (TPSA) is 21.3 Å². The molecule has 1 N–H and O–H groups in total. The van der Waals surface area contributed by atoms with Crippen molar-refractivity contribution in [1.29, 1.82) is 0 Å². The summed E-state index contributed by atoms with van der Waals surface area (Å²) < 4.78 is 6.38. The van der Waals surface area contributed by atoms with E-state index in [1.165, 1.54) is 43.2 Å². The Balaban J connectivity index is 1.70. The van der Waals surface area contributed by atoms with Crippen LogP contribution in [-0.4, -0.2) is 18.2 Å². The van der Waals surface area contributed by atoms with Gasteiger partial charge in [0.05, 0.1) is 12.7 Å². The second-order valence-electron chi connectivity index (χ2n) is 7.65. The van der Waals surface area contributed by atoms with Crippen LogP contribution in [0.4, 0.5) is 0 Å². The molecule has 2 unspecified atom stereocenters. The van der Waals surface area contributed by atoms with Crippen LogP contribution in [0.15, 0.2) is 24.3 Å². The van der Waals surface area contributed by atoms with Crippen LogP contribution < -0.4 is 5.32 Å². The Morgan fingerprint density at radius 3 is 2.70 bits per heavy atom. The molecule has 2 heteroatoms. The van der Waals surface area contributed by atoms with Gasteiger partial charge in [0, 0.05) is 11.6 Å². The zero-order valence-electron chi connectivity index (χ0n) is 12.6. The van der Waals surface area contributed by atoms with Gasteiger partial charge in [0.25, 0.3) is 0 Å². The van der Waals surface area contributed by atoms with Crippen molar-refractivity contribution in [1.82, 2.24) is 5.32 Å². The summed E-state index contributed by atoms with van der Waals surface area (Å²) in [4.78, 5) is 0. The maximum absolute atomic E-state index is 6.38. The van der Waals surface area contributed by atoms with E-state index in [9.17, 15) is 0 Å². The smallest absolute Gasteiger partial charge is 0.0982 e. The van der Waals surface area contributed by atoms with Crippen molar-refractivity contribution in [2.24, 2.45) is 0 Å². The molecule has 1 aromatic carbocycles. The van der Waals surface area contributed by atoms with Gasteiger partial charge in [-0.3, -0.25) is 0 Å². The number of hydrogen-bond donors (Lipinski definition) is 1. The van der Waals surface area contributed by atoms with Gasteiger partial charge in [-0.1, -0.05) is 51.0 Å². The first-order valence-corrected chi connectivity index (χ1v) is 8.08. The minimum absolute atomic E-state index is 0.241. The maximum atomic E-state index is 6.38. The van der Waals surface area contributed by atoms with E-state index in [0.29, 0.717) is 6.04 Å². The van der Waals surface area contributed by atoms with E-state index in [1.807, 2.05) is 0 Å². The summed E-state index contributed by atoms with van der Waals surface area (Å²) in [5.74, 6) is 0. The fraction of sp³-hybridized carbons (Fsp3) is 0.667. The number of morpholine rings is 1. The number of ether oxygens (including phenoxy) is 1. The number of fused-ring (bicyclic) bond motifs is 3. The number of nitrogens with one attached hydrogen (secondary N) is 1. The van der Waals surface area contributed by atoms with E-state index in [-0.39, 0.29) is 17.1 Å². The second kappa shape index (κ2) is 4.32. The molecule has 0 amide bonds. The Bertz CT molecular complexity index is 516. The van der Waals surface area contributed by atoms with Gasteiger partial charge >= 0.3 is 0 Å². The number of benzene rings is 1. The van der Waals surface area contributed by atoms with E-state index in [1.54, 1.807) is 0 Å². The summed E-state index contributed by atoms with van der Waals surface area (Å²) >= 11 is 0. The zero-order valence-corrected chi connectivity index (χ0v) is 12.6. The van der Waals surface area contributed by atoms with Gasteiger partial charge in [0.2, 0.25) is 0 Å². The SMILES string of the molecule is CC1(C)CC2NC3(CCCC3)COC2c2ccccc21. The molecule has 1 spiro atoms. The molecule has 1 saturated heterocycles. The van der Waals surface area contributed by atoms with E-state index in [0.717, 1.165) is 6.61 Å². The molecule has 2 fully saturated rings. The van der Waals surface area contributed by atoms with Crippen molar-refractivity contribution >= 4 is 0 Å². The lowest BCUT2D eigenvalue weighted by molar-refractivity contribution is -0.0754. The minimum atomic E-state index is 0.241. The van der Waals surface area contributed by atoms with Crippen molar-refractivity contribution in [3.8, 4) is 0 Å². The summed E-state index contributed by atoms with van der Waals surface area (Å²) in [6.07, 6.45) is 6.72. The van der Waals surface area contributed by atoms with E-state index < -0.39 is 0 Å². The molecule has 20 heavy (non-hydrogen) atoms. The van der Waals surface area contributed by atoms with Crippen molar-refractivity contribution in [3.05, 3.63) is 35.4 Å². The van der Waals surface area contributed by atoms with Crippen molar-refractivity contribution < 1.29 is 4.74 Å². The monoisotopic (exact) mass is 271 g/mol. The summed E-state index contributed by atoms with van der Waals surface area (Å²) in [6.45, 7) is 5.64. The third-order valence-corrected chi connectivity index (χ3v) is 5.68. The minimum Gasteiger partial charge on any atom is -0.370 e. The standard InChI is InChI=1S/C18H25NO/c1-17(2)11-15-16(13-7-3-4-8-14(13)17)20-12-18(19-15)9-5-6-10-18/h3-4,7-8,15-16,19H,5-6,9-12H2,1-2H3. The van der Waals surface area contributed by atoms with Gasteiger partial charge in [-0.2, -0.15) is 0 Å². The van der Waals surface area contributed by atoms with Gasteiger partial charge in [-0.15, -0.1) is 0 Å². The molecular weight excluding hydrogens is 246 g/mol. The molecule has 1 aromatic rings. The average Bonchev–Trinajstić information content (AvgIpc) is 2.86. The third-order valence-electron chi connectivity index (χ3n) is 5.68. The van der Waals surface area contributed by atoms with Crippen LogP contribution in [0.2, 0.25) is 0 Å². The van der Waals surface area contributed by atoms with Gasteiger partial charge in [0.15, 0.2) is 0 Å². The lowest BCUT2D eigenvalue weighted by atomic mass is 9.68. The van der Waals surface area contributed by atoms with Crippen molar-refractivity contribution in [2.45, 2.75) is 69.1 Å². The van der Waals surface area contributed by atoms with Gasteiger partial charge in [-0.05, 0) is 35.8 Å². The summed E-state index contributed by atoms with van der Waals surface area (Å²) in [5.41, 5.74) is 3.41. The van der Waals surface area contributed by atoms with Crippen LogP contribution in [0.5, 0.6) is 0 Å². The predicted octanol–water partition coefficient (Wildman–Crippen LogP) is 3.71. The van der Waals surface area contributed by atoms with Crippen molar-refractivity contribution in [3.63, 3.8) is 0 Å². The highest BCUT2D eigenvalue weighted by Crippen LogP contribution is 2.47. The van der Waals surface area contributed by atoms with E-state index in [2.05, 4.69) is 43.4 Å². The fourth-order valence-electron chi connectivity index (χ4n) is 4.70. The Kier molecular flexibility index (Phi) is 2.77. The highest BCUT2D eigenvalue weighted by atomic mass is 16.5. The molecule has 108 valence electrons. The van der Waals surface area contributed by atoms with Crippen LogP contribution >= 0.6 is 0 Å². The quantitative estimate of drug-likeness (QED) is 0.776. The summed E-state index contributed by atoms with van der Waals surface area (Å²) in [7, 11) is 0. The van der Waals surface area contributed by atoms with Crippen molar-refractivity contribution in [2.75, 3.05) is 6.61 Å². The van der Waals surface area contributed by atoms with Gasteiger partial charge in [-0.25, -0.2) is 0 Å². The molecule has 3 aliphatic rings. The fourth-order valence-corrected chi connectivity index (χ4v) is 4.70. The highest BCUT2D eigenvalue weighted by Gasteiger charge is 2.48. The molecule has 4 rings (SSSR count). The molecule has 0 bridgehead atoms. The number of rotatable bonds is 0. The molecular formula is C18H25NO. The Morgan fingerprint density at radius 1 is 1.15 bits per heavy atom. The maximum Gasteiger partial charge on any atom is 0.0982 e. The predicted molar refractivity (Wildman–Crippen MR) is 80.9 cm³/mol. The molecule has 1 saturated carbocycles. The van der Waals surface area contributed by atoms with Crippen LogP contribution in [0.25, 0.3) is 0 Å². The average molecular weight is 271 g/mol. The Labute approximate surface area is 121 Å². The third kappa shape index (κ3) is 1.85. The summed E-state index contributed by atoms with van der Waals surface area (Å²) in [5, 5.41) is 4.00. The highest BCUT2D eigenvalue weighted by molar-refractivity contribution is 5.39. The molecule has 1 aliphatic heterocycles. The molecule has 0 aromatic heterocycles. The normalized spacial score (nSPS) is 33.7. The lowest BCUT2D eigenvalue weighted by Gasteiger charge is -2.50. The van der Waals surface area contributed by atoms with Crippen LogP contribution in [-0.2, 0) is 10.2 Å². The zero-order chi connectivity index (χ0) is 13.8. The Morgan fingerprint density at radius 2 is 1.90 bits per heavy atom. The van der Waals surface area contributed by atoms with Gasteiger partial charge < -0.3 is 10.1 Å². The lowest BCUT2D eigenvalue weighted by Crippen LogP contribution is -2.61. The van der Waals surface area contributed by atoms with Crippen LogP contribution in [0.1, 0.15) is 63.2 Å². The largest absolute Gasteiger partial charge is 0.370 e. The van der Waals surface area contributed by atoms with E-state index in [4.69, 9.17) is 4.74 Å². The van der Waals surface area contributed by atoms with Crippen LogP contribution in [0.3, 0.4) is 0 Å². The molecule has 2 nitrogen and oxygen atoms in total. The molecule has 1 heterocycles. The Hall–Kier alpha value is -0.860. The molecule has 0 radical (unpaired) electrons. The number of hydrogen-bond acceptors (Lipinski definition) is 2. The first-order chi connectivity index (χ1) is 9.60. The van der Waals surface area contributed by atoms with E-state index >= 15 is 0 Å². The first kappa shape index (κ1) is 12.8. The molecule has 2 aliphatic carbocycles. The summed E-state index contributed by atoms with van der Waals surface area (Å²) in [6, 6.07) is 9.35. The second-order valence-corrected chi connectivity index (χ2v) is 7.65. The van der Waals surface area contributed by atoms with Crippen LogP contribution in [0, 0.1) is 0 Å². The van der Waals surface area contributed by atoms with Gasteiger partial charge in [0.1, 0.15) is 0 Å².